The highest BCUT2D eigenvalue weighted by molar-refractivity contribution is 14.0. The van der Waals surface area contributed by atoms with Crippen LogP contribution < -0.4 is 15.4 Å². The predicted molar refractivity (Wildman–Crippen MR) is 127 cm³/mol. The molecule has 1 aliphatic heterocycles. The average molecular weight is 504 g/mol. The summed E-state index contributed by atoms with van der Waals surface area (Å²) in [6.07, 6.45) is 0. The predicted octanol–water partition coefficient (Wildman–Crippen LogP) is 3.03. The van der Waals surface area contributed by atoms with E-state index in [2.05, 4.69) is 55.4 Å². The molecule has 0 aromatic heterocycles. The number of nitrogens with one attached hydrogen (secondary N) is 2. The molecule has 1 saturated heterocycles. The van der Waals surface area contributed by atoms with Crippen molar-refractivity contribution in [3.8, 4) is 5.75 Å². The monoisotopic (exact) mass is 504 g/mol. The number of hydrogen-bond acceptors (Lipinski definition) is 4. The summed E-state index contributed by atoms with van der Waals surface area (Å²) >= 11 is 0. The molecule has 2 rings (SSSR count). The second-order valence-corrected chi connectivity index (χ2v) is 7.34. The summed E-state index contributed by atoms with van der Waals surface area (Å²) in [4.78, 5) is 7.29. The van der Waals surface area contributed by atoms with Gasteiger partial charge in [0.25, 0.3) is 0 Å². The van der Waals surface area contributed by atoms with Gasteiger partial charge in [-0.15, -0.1) is 24.0 Å². The Morgan fingerprint density at radius 1 is 1.25 bits per heavy atom. The molecule has 6 nitrogen and oxygen atoms in total. The van der Waals surface area contributed by atoms with Crippen molar-refractivity contribution < 1.29 is 9.47 Å². The summed E-state index contributed by atoms with van der Waals surface area (Å²) < 4.78 is 10.8. The van der Waals surface area contributed by atoms with Gasteiger partial charge in [0.1, 0.15) is 5.75 Å². The van der Waals surface area contributed by atoms with Gasteiger partial charge in [0.2, 0.25) is 0 Å². The first-order chi connectivity index (χ1) is 13.0. The van der Waals surface area contributed by atoms with Crippen molar-refractivity contribution in [1.29, 1.82) is 0 Å². The molecule has 1 aromatic rings. The minimum absolute atomic E-state index is 0. The molecule has 1 fully saturated rings. The van der Waals surface area contributed by atoms with Crippen LogP contribution in [0.1, 0.15) is 31.9 Å². The van der Waals surface area contributed by atoms with E-state index in [1.807, 2.05) is 6.07 Å². The summed E-state index contributed by atoms with van der Waals surface area (Å²) in [7, 11) is 1.70. The van der Waals surface area contributed by atoms with Crippen LogP contribution in [-0.4, -0.2) is 63.4 Å². The molecule has 0 spiro atoms. The zero-order valence-corrected chi connectivity index (χ0v) is 20.3. The molecule has 1 unspecified atom stereocenters. The largest absolute Gasteiger partial charge is 0.496 e. The molecule has 1 heterocycles. The second kappa shape index (κ2) is 13.2. The van der Waals surface area contributed by atoms with Crippen LogP contribution in [0.5, 0.6) is 5.75 Å². The molecule has 1 aromatic carbocycles. The smallest absolute Gasteiger partial charge is 0.191 e. The van der Waals surface area contributed by atoms with Crippen LogP contribution in [0.4, 0.5) is 0 Å². The number of morpholine rings is 1. The highest BCUT2D eigenvalue weighted by Crippen LogP contribution is 2.19. The third-order valence-electron chi connectivity index (χ3n) is 4.99. The molecular weight excluding hydrogens is 467 g/mol. The first-order valence-electron chi connectivity index (χ1n) is 10.0. The van der Waals surface area contributed by atoms with Crippen molar-refractivity contribution in [3.05, 3.63) is 29.3 Å². The van der Waals surface area contributed by atoms with Crippen LogP contribution in [0.15, 0.2) is 23.2 Å². The third kappa shape index (κ3) is 7.75. The Morgan fingerprint density at radius 3 is 2.54 bits per heavy atom. The first kappa shape index (κ1) is 25.0. The van der Waals surface area contributed by atoms with Crippen LogP contribution in [0, 0.1) is 12.8 Å². The lowest BCUT2D eigenvalue weighted by molar-refractivity contribution is 0.00752. The van der Waals surface area contributed by atoms with E-state index in [-0.39, 0.29) is 24.0 Å². The van der Waals surface area contributed by atoms with Gasteiger partial charge in [-0.1, -0.05) is 26.0 Å². The third-order valence-corrected chi connectivity index (χ3v) is 4.99. The van der Waals surface area contributed by atoms with Gasteiger partial charge >= 0.3 is 0 Å². The minimum atomic E-state index is 0. The molecule has 0 amide bonds. The number of aryl methyl sites for hydroxylation is 1. The van der Waals surface area contributed by atoms with Gasteiger partial charge in [0.05, 0.1) is 26.9 Å². The second-order valence-electron chi connectivity index (χ2n) is 7.34. The minimum Gasteiger partial charge on any atom is -0.496 e. The maximum atomic E-state index is 5.50. The van der Waals surface area contributed by atoms with Gasteiger partial charge in [-0.3, -0.25) is 4.90 Å². The van der Waals surface area contributed by atoms with Crippen molar-refractivity contribution in [2.45, 2.75) is 40.3 Å². The van der Waals surface area contributed by atoms with Crippen molar-refractivity contribution in [2.24, 2.45) is 10.9 Å². The maximum absolute atomic E-state index is 5.50. The number of hydrogen-bond donors (Lipinski definition) is 2. The number of halogens is 1. The van der Waals surface area contributed by atoms with E-state index in [9.17, 15) is 0 Å². The highest BCUT2D eigenvalue weighted by atomic mass is 127. The van der Waals surface area contributed by atoms with Gasteiger partial charge < -0.3 is 20.1 Å². The van der Waals surface area contributed by atoms with Crippen LogP contribution in [-0.2, 0) is 11.3 Å². The van der Waals surface area contributed by atoms with Crippen LogP contribution in [0.2, 0.25) is 0 Å². The fourth-order valence-corrected chi connectivity index (χ4v) is 3.45. The molecule has 28 heavy (non-hydrogen) atoms. The molecular formula is C21H37IN4O2. The zero-order valence-electron chi connectivity index (χ0n) is 18.0. The number of nitrogens with zero attached hydrogens (tertiary/aromatic N) is 2. The summed E-state index contributed by atoms with van der Waals surface area (Å²) in [5.74, 6) is 2.35. The summed E-state index contributed by atoms with van der Waals surface area (Å²) in [6, 6.07) is 6.69. The molecule has 0 bridgehead atoms. The van der Waals surface area contributed by atoms with Gasteiger partial charge in [-0.2, -0.15) is 0 Å². The molecule has 0 aliphatic carbocycles. The number of rotatable bonds is 8. The molecule has 1 aliphatic rings. The van der Waals surface area contributed by atoms with Crippen LogP contribution in [0.25, 0.3) is 0 Å². The molecule has 7 heteroatoms. The van der Waals surface area contributed by atoms with Crippen molar-refractivity contribution in [2.75, 3.05) is 46.5 Å². The Bertz CT molecular complexity index is 604. The maximum Gasteiger partial charge on any atom is 0.191 e. The quantitative estimate of drug-likeness (QED) is 0.324. The molecule has 0 saturated carbocycles. The number of aliphatic imine (C=N–C) groups is 1. The van der Waals surface area contributed by atoms with Crippen molar-refractivity contribution >= 4 is 29.9 Å². The average Bonchev–Trinajstić information content (AvgIpc) is 2.67. The highest BCUT2D eigenvalue weighted by Gasteiger charge is 2.23. The van der Waals surface area contributed by atoms with Crippen molar-refractivity contribution in [1.82, 2.24) is 15.5 Å². The van der Waals surface area contributed by atoms with E-state index in [0.717, 1.165) is 56.7 Å². The van der Waals surface area contributed by atoms with E-state index in [1.54, 1.807) is 7.11 Å². The van der Waals surface area contributed by atoms with E-state index >= 15 is 0 Å². The lowest BCUT2D eigenvalue weighted by Gasteiger charge is -2.37. The van der Waals surface area contributed by atoms with E-state index < -0.39 is 0 Å². The Hall–Kier alpha value is -1.06. The van der Waals surface area contributed by atoms with E-state index in [0.29, 0.717) is 18.5 Å². The number of guanidine groups is 1. The molecule has 1 atom stereocenters. The van der Waals surface area contributed by atoms with Gasteiger partial charge in [-0.25, -0.2) is 4.99 Å². The topological polar surface area (TPSA) is 58.1 Å². The lowest BCUT2D eigenvalue weighted by Crippen LogP contribution is -2.52. The normalized spacial score (nSPS) is 16.4. The summed E-state index contributed by atoms with van der Waals surface area (Å²) in [5, 5.41) is 6.90. The van der Waals surface area contributed by atoms with Gasteiger partial charge in [-0.05, 0) is 37.0 Å². The van der Waals surface area contributed by atoms with E-state index in [4.69, 9.17) is 14.5 Å². The molecule has 160 valence electrons. The fraction of sp³-hybridized carbons (Fsp3) is 0.667. The number of ether oxygens (including phenoxy) is 2. The summed E-state index contributed by atoms with van der Waals surface area (Å²) in [6.45, 7) is 14.8. The van der Waals surface area contributed by atoms with Gasteiger partial charge in [0, 0.05) is 32.2 Å². The molecule has 2 N–H and O–H groups in total. The fourth-order valence-electron chi connectivity index (χ4n) is 3.45. The zero-order chi connectivity index (χ0) is 19.6. The Kier molecular flexibility index (Phi) is 11.8. The Morgan fingerprint density at radius 2 is 1.96 bits per heavy atom. The van der Waals surface area contributed by atoms with Crippen LogP contribution in [0.3, 0.4) is 0 Å². The lowest BCUT2D eigenvalue weighted by atomic mass is 10.0. The molecule has 0 radical (unpaired) electrons. The van der Waals surface area contributed by atoms with Crippen molar-refractivity contribution in [3.63, 3.8) is 0 Å². The summed E-state index contributed by atoms with van der Waals surface area (Å²) in [5.41, 5.74) is 2.31. The first-order valence-corrected chi connectivity index (χ1v) is 10.0. The standard InChI is InChI=1S/C21H36N4O2.HI/c1-6-22-21(23-14-18-7-8-20(26-5)17(4)13-18)24-15-19(16(2)3)25-9-11-27-12-10-25;/h7-8,13,16,19H,6,9-12,14-15H2,1-5H3,(H2,22,23,24);1H. The SMILES string of the molecule is CCNC(=NCc1ccc(OC)c(C)c1)NCC(C(C)C)N1CCOCC1.I. The Balaban J connectivity index is 0.00000392. The van der Waals surface area contributed by atoms with E-state index in [1.165, 1.54) is 5.56 Å². The van der Waals surface area contributed by atoms with Gasteiger partial charge in [0.15, 0.2) is 5.96 Å². The van der Waals surface area contributed by atoms with Crippen LogP contribution >= 0.6 is 24.0 Å². The number of benzene rings is 1. The number of methoxy groups -OCH3 is 1. The Labute approximate surface area is 187 Å².